The lowest BCUT2D eigenvalue weighted by Gasteiger charge is -2.31. The molecule has 1 fully saturated rings. The van der Waals surface area contributed by atoms with Crippen molar-refractivity contribution in [1.82, 2.24) is 5.32 Å². The van der Waals surface area contributed by atoms with Crippen molar-refractivity contribution in [2.24, 2.45) is 11.8 Å². The number of cyclic esters (lactones) is 1. The molecule has 4 atom stereocenters. The standard InChI is InChI=1S/C22H39NO6/c1-8-9-11-16-15(4)27-20(25)17(23-21(26)29-22(5,6)7)12-10-13-18(16)28-19(24)14(2)3/h14-18H,8-13H2,1-7H3,(H,23,26)/t15-,16-,17-,18-/m0/s1. The third kappa shape index (κ3) is 9.05. The molecular formula is C22H39NO6. The van der Waals surface area contributed by atoms with Gasteiger partial charge in [-0.25, -0.2) is 9.59 Å². The fourth-order valence-corrected chi connectivity index (χ4v) is 3.38. The highest BCUT2D eigenvalue weighted by atomic mass is 16.6. The van der Waals surface area contributed by atoms with Gasteiger partial charge in [-0.05, 0) is 53.4 Å². The molecule has 1 rings (SSSR count). The molecular weight excluding hydrogens is 374 g/mol. The number of carbonyl (C=O) groups is 3. The van der Waals surface area contributed by atoms with Crippen LogP contribution in [0.25, 0.3) is 0 Å². The Balaban J connectivity index is 2.93. The molecule has 1 N–H and O–H groups in total. The third-order valence-corrected chi connectivity index (χ3v) is 4.97. The van der Waals surface area contributed by atoms with Gasteiger partial charge in [0.05, 0.1) is 5.92 Å². The van der Waals surface area contributed by atoms with Crippen LogP contribution >= 0.6 is 0 Å². The molecule has 7 nitrogen and oxygen atoms in total. The maximum absolute atomic E-state index is 12.7. The Labute approximate surface area is 175 Å². The number of unbranched alkanes of at least 4 members (excludes halogenated alkanes) is 1. The molecule has 168 valence electrons. The first-order valence-corrected chi connectivity index (χ1v) is 10.8. The SMILES string of the molecule is CCCC[C@H]1[C@H](C)OC(=O)[C@@H](NC(=O)OC(C)(C)C)CCC[C@@H]1OC(=O)C(C)C. The lowest BCUT2D eigenvalue weighted by atomic mass is 9.88. The van der Waals surface area contributed by atoms with Gasteiger partial charge in [0.25, 0.3) is 0 Å². The van der Waals surface area contributed by atoms with Crippen LogP contribution in [0.3, 0.4) is 0 Å². The van der Waals surface area contributed by atoms with Crippen molar-refractivity contribution in [2.45, 2.75) is 111 Å². The number of hydrogen-bond acceptors (Lipinski definition) is 6. The lowest BCUT2D eigenvalue weighted by Crippen LogP contribution is -2.45. The normalized spacial score (nSPS) is 26.0. The highest BCUT2D eigenvalue weighted by Gasteiger charge is 2.36. The van der Waals surface area contributed by atoms with Crippen molar-refractivity contribution >= 4 is 18.0 Å². The summed E-state index contributed by atoms with van der Waals surface area (Å²) in [6, 6.07) is -0.779. The third-order valence-electron chi connectivity index (χ3n) is 4.97. The summed E-state index contributed by atoms with van der Waals surface area (Å²) in [4.78, 5) is 37.0. The van der Waals surface area contributed by atoms with Crippen molar-refractivity contribution in [2.75, 3.05) is 0 Å². The number of esters is 2. The van der Waals surface area contributed by atoms with E-state index in [4.69, 9.17) is 14.2 Å². The second-order valence-corrected chi connectivity index (χ2v) is 9.21. The van der Waals surface area contributed by atoms with Gasteiger partial charge in [0.1, 0.15) is 23.9 Å². The maximum Gasteiger partial charge on any atom is 0.408 e. The first-order valence-electron chi connectivity index (χ1n) is 10.8. The molecule has 1 saturated heterocycles. The molecule has 7 heteroatoms. The maximum atomic E-state index is 12.7. The van der Waals surface area contributed by atoms with Crippen LogP contribution in [-0.2, 0) is 23.8 Å². The van der Waals surface area contributed by atoms with Gasteiger partial charge in [-0.3, -0.25) is 4.79 Å². The van der Waals surface area contributed by atoms with E-state index in [1.165, 1.54) is 0 Å². The molecule has 1 amide bonds. The van der Waals surface area contributed by atoms with Gasteiger partial charge in [-0.1, -0.05) is 33.6 Å². The summed E-state index contributed by atoms with van der Waals surface area (Å²) in [6.45, 7) is 12.9. The van der Waals surface area contributed by atoms with Crippen LogP contribution in [0, 0.1) is 11.8 Å². The first kappa shape index (κ1) is 25.2. The molecule has 0 radical (unpaired) electrons. The predicted octanol–water partition coefficient (Wildman–Crippen LogP) is 4.37. The number of hydrogen-bond donors (Lipinski definition) is 1. The van der Waals surface area contributed by atoms with E-state index in [9.17, 15) is 14.4 Å². The zero-order valence-corrected chi connectivity index (χ0v) is 19.1. The van der Waals surface area contributed by atoms with E-state index < -0.39 is 29.8 Å². The molecule has 1 aliphatic rings. The molecule has 0 unspecified atom stereocenters. The quantitative estimate of drug-likeness (QED) is 0.514. The Morgan fingerprint density at radius 2 is 1.90 bits per heavy atom. The van der Waals surface area contributed by atoms with Gasteiger partial charge in [0.15, 0.2) is 0 Å². The zero-order chi connectivity index (χ0) is 22.2. The van der Waals surface area contributed by atoms with E-state index >= 15 is 0 Å². The Bertz CT molecular complexity index is 554. The number of ether oxygens (including phenoxy) is 3. The van der Waals surface area contributed by atoms with Crippen LogP contribution in [0.5, 0.6) is 0 Å². The minimum Gasteiger partial charge on any atom is -0.462 e. The van der Waals surface area contributed by atoms with E-state index in [1.807, 2.05) is 20.8 Å². The summed E-state index contributed by atoms with van der Waals surface area (Å²) in [6.07, 6.45) is 3.07. The number of rotatable bonds is 6. The predicted molar refractivity (Wildman–Crippen MR) is 110 cm³/mol. The van der Waals surface area contributed by atoms with E-state index in [2.05, 4.69) is 12.2 Å². The van der Waals surface area contributed by atoms with Crippen molar-refractivity contribution in [3.8, 4) is 0 Å². The average molecular weight is 414 g/mol. The highest BCUT2D eigenvalue weighted by Crippen LogP contribution is 2.29. The Kier molecular flexibility index (Phi) is 9.93. The van der Waals surface area contributed by atoms with Crippen molar-refractivity contribution in [3.63, 3.8) is 0 Å². The van der Waals surface area contributed by atoms with Crippen LogP contribution in [0.15, 0.2) is 0 Å². The second kappa shape index (κ2) is 11.4. The number of alkyl carbamates (subject to hydrolysis) is 1. The van der Waals surface area contributed by atoms with Crippen LogP contribution in [0.2, 0.25) is 0 Å². The monoisotopic (exact) mass is 413 g/mol. The smallest absolute Gasteiger partial charge is 0.408 e. The second-order valence-electron chi connectivity index (χ2n) is 9.21. The van der Waals surface area contributed by atoms with E-state index in [0.29, 0.717) is 19.3 Å². The lowest BCUT2D eigenvalue weighted by molar-refractivity contribution is -0.164. The molecule has 0 aromatic carbocycles. The van der Waals surface area contributed by atoms with E-state index in [0.717, 1.165) is 19.3 Å². The summed E-state index contributed by atoms with van der Waals surface area (Å²) >= 11 is 0. The minimum absolute atomic E-state index is 0.0677. The van der Waals surface area contributed by atoms with Crippen molar-refractivity contribution < 1.29 is 28.6 Å². The summed E-state index contributed by atoms with van der Waals surface area (Å²) < 4.78 is 16.8. The van der Waals surface area contributed by atoms with Gasteiger partial charge in [-0.15, -0.1) is 0 Å². The number of nitrogens with one attached hydrogen (secondary N) is 1. The Morgan fingerprint density at radius 1 is 1.24 bits per heavy atom. The van der Waals surface area contributed by atoms with Crippen molar-refractivity contribution in [1.29, 1.82) is 0 Å². The van der Waals surface area contributed by atoms with Gasteiger partial charge in [0.2, 0.25) is 0 Å². The average Bonchev–Trinajstić information content (AvgIpc) is 2.62. The summed E-state index contributed by atoms with van der Waals surface area (Å²) in [7, 11) is 0. The molecule has 0 bridgehead atoms. The summed E-state index contributed by atoms with van der Waals surface area (Å²) in [5.74, 6) is -0.992. The van der Waals surface area contributed by atoms with Gasteiger partial charge >= 0.3 is 18.0 Å². The highest BCUT2D eigenvalue weighted by molar-refractivity contribution is 5.81. The largest absolute Gasteiger partial charge is 0.462 e. The van der Waals surface area contributed by atoms with Gasteiger partial charge < -0.3 is 19.5 Å². The molecule has 0 saturated carbocycles. The number of carbonyl (C=O) groups excluding carboxylic acids is 3. The van der Waals surface area contributed by atoms with E-state index in [-0.39, 0.29) is 23.9 Å². The topological polar surface area (TPSA) is 90.9 Å². The van der Waals surface area contributed by atoms with Gasteiger partial charge in [0, 0.05) is 5.92 Å². The molecule has 29 heavy (non-hydrogen) atoms. The van der Waals surface area contributed by atoms with Crippen molar-refractivity contribution in [3.05, 3.63) is 0 Å². The zero-order valence-electron chi connectivity index (χ0n) is 19.1. The summed E-state index contributed by atoms with van der Waals surface area (Å²) in [5.41, 5.74) is -0.652. The number of amides is 1. The Hall–Kier alpha value is -1.79. The fourth-order valence-electron chi connectivity index (χ4n) is 3.38. The molecule has 0 spiro atoms. The van der Waals surface area contributed by atoms with Crippen LogP contribution in [0.4, 0.5) is 4.79 Å². The molecule has 0 aromatic rings. The van der Waals surface area contributed by atoms with Crippen LogP contribution in [0.1, 0.15) is 87.0 Å². The molecule has 1 aliphatic heterocycles. The summed E-state index contributed by atoms with van der Waals surface area (Å²) in [5, 5.41) is 2.63. The van der Waals surface area contributed by atoms with Gasteiger partial charge in [-0.2, -0.15) is 0 Å². The molecule has 0 aliphatic carbocycles. The fraction of sp³-hybridized carbons (Fsp3) is 0.864. The Morgan fingerprint density at radius 3 is 2.45 bits per heavy atom. The van der Waals surface area contributed by atoms with Crippen LogP contribution < -0.4 is 5.32 Å². The van der Waals surface area contributed by atoms with Crippen LogP contribution in [-0.4, -0.2) is 41.9 Å². The molecule has 1 heterocycles. The van der Waals surface area contributed by atoms with E-state index in [1.54, 1.807) is 20.8 Å². The first-order chi connectivity index (χ1) is 13.4. The molecule has 0 aromatic heterocycles. The minimum atomic E-state index is -0.779.